The van der Waals surface area contributed by atoms with Crippen LogP contribution < -0.4 is 4.74 Å². The van der Waals surface area contributed by atoms with E-state index in [0.717, 1.165) is 11.3 Å². The average molecular weight is 289 g/mol. The molecule has 1 heterocycles. The van der Waals surface area contributed by atoms with E-state index in [4.69, 9.17) is 20.9 Å². The number of rotatable bonds is 2. The molecule has 0 bridgehead atoms. The van der Waals surface area contributed by atoms with Crippen molar-refractivity contribution < 1.29 is 9.26 Å². The lowest BCUT2D eigenvalue weighted by atomic mass is 10.1. The minimum atomic E-state index is 0.432. The Bertz CT molecular complexity index is 484. The van der Waals surface area contributed by atoms with Crippen LogP contribution in [-0.2, 0) is 0 Å². The zero-order valence-electron chi connectivity index (χ0n) is 7.83. The summed E-state index contributed by atoms with van der Waals surface area (Å²) in [6.07, 6.45) is 0. The molecule has 0 aliphatic carbocycles. The first kappa shape index (κ1) is 10.5. The number of hydrogen-bond donors (Lipinski definition) is 0. The van der Waals surface area contributed by atoms with Crippen LogP contribution in [0.3, 0.4) is 0 Å². The van der Waals surface area contributed by atoms with E-state index in [2.05, 4.69) is 21.1 Å². The summed E-state index contributed by atoms with van der Waals surface area (Å²) in [6, 6.07) is 7.45. The first-order chi connectivity index (χ1) is 7.22. The van der Waals surface area contributed by atoms with E-state index in [1.54, 1.807) is 7.11 Å². The van der Waals surface area contributed by atoms with E-state index in [0.29, 0.717) is 15.4 Å². The lowest BCUT2D eigenvalue weighted by Gasteiger charge is -2.01. The van der Waals surface area contributed by atoms with Gasteiger partial charge in [-0.25, -0.2) is 0 Å². The highest BCUT2D eigenvalue weighted by Gasteiger charge is 2.13. The van der Waals surface area contributed by atoms with Crippen LogP contribution in [0.1, 0.15) is 0 Å². The highest BCUT2D eigenvalue weighted by molar-refractivity contribution is 9.10. The number of benzene rings is 1. The highest BCUT2D eigenvalue weighted by atomic mass is 79.9. The zero-order chi connectivity index (χ0) is 10.8. The second-order valence-corrected chi connectivity index (χ2v) is 3.95. The monoisotopic (exact) mass is 287 g/mol. The molecule has 3 nitrogen and oxygen atoms in total. The van der Waals surface area contributed by atoms with Crippen molar-refractivity contribution >= 4 is 27.5 Å². The lowest BCUT2D eigenvalue weighted by Crippen LogP contribution is -1.84. The van der Waals surface area contributed by atoms with Gasteiger partial charge in [0.25, 0.3) is 0 Å². The summed E-state index contributed by atoms with van der Waals surface area (Å²) in [7, 11) is 1.61. The molecular weight excluding hydrogens is 281 g/mol. The Morgan fingerprint density at radius 2 is 2.27 bits per heavy atom. The molecule has 1 aromatic carbocycles. The molecule has 0 saturated heterocycles. The Balaban J connectivity index is 2.49. The molecule has 5 heteroatoms. The molecule has 0 N–H and O–H groups in total. The summed E-state index contributed by atoms with van der Waals surface area (Å²) in [6.45, 7) is 0. The predicted octanol–water partition coefficient (Wildman–Crippen LogP) is 3.77. The number of aromatic nitrogens is 1. The molecule has 0 aliphatic rings. The molecule has 0 amide bonds. The van der Waals surface area contributed by atoms with E-state index in [-0.39, 0.29) is 0 Å². The fourth-order valence-corrected chi connectivity index (χ4v) is 1.65. The summed E-state index contributed by atoms with van der Waals surface area (Å²) in [4.78, 5) is 0. The summed E-state index contributed by atoms with van der Waals surface area (Å²) in [5.41, 5.74) is 1.45. The van der Waals surface area contributed by atoms with Crippen molar-refractivity contribution in [3.05, 3.63) is 34.0 Å². The van der Waals surface area contributed by atoms with Crippen molar-refractivity contribution in [1.29, 1.82) is 0 Å². The molecule has 2 rings (SSSR count). The molecule has 78 valence electrons. The Kier molecular flexibility index (Phi) is 2.98. The Morgan fingerprint density at radius 3 is 2.87 bits per heavy atom. The quantitative estimate of drug-likeness (QED) is 0.844. The maximum Gasteiger partial charge on any atom is 0.221 e. The van der Waals surface area contributed by atoms with Gasteiger partial charge < -0.3 is 9.26 Å². The van der Waals surface area contributed by atoms with Gasteiger partial charge in [-0.2, -0.15) is 0 Å². The minimum absolute atomic E-state index is 0.432. The lowest BCUT2D eigenvalue weighted by molar-refractivity contribution is 0.402. The van der Waals surface area contributed by atoms with Crippen LogP contribution in [0.5, 0.6) is 5.75 Å². The summed E-state index contributed by atoms with van der Waals surface area (Å²) in [5.74, 6) is 0.752. The maximum absolute atomic E-state index is 5.99. The Hall–Kier alpha value is -1.00. The second-order valence-electron chi connectivity index (χ2n) is 2.85. The van der Waals surface area contributed by atoms with Crippen LogP contribution >= 0.6 is 27.5 Å². The van der Waals surface area contributed by atoms with Crippen molar-refractivity contribution in [3.8, 4) is 17.0 Å². The molecule has 0 spiro atoms. The van der Waals surface area contributed by atoms with Crippen molar-refractivity contribution in [3.63, 3.8) is 0 Å². The van der Waals surface area contributed by atoms with Crippen molar-refractivity contribution in [2.45, 2.75) is 0 Å². The van der Waals surface area contributed by atoms with Gasteiger partial charge in [-0.05, 0) is 28.1 Å². The largest absolute Gasteiger partial charge is 0.497 e. The molecule has 0 unspecified atom stereocenters. The van der Waals surface area contributed by atoms with E-state index in [1.165, 1.54) is 0 Å². The molecule has 1 aromatic heterocycles. The Morgan fingerprint density at radius 1 is 1.47 bits per heavy atom. The van der Waals surface area contributed by atoms with Gasteiger partial charge in [-0.3, -0.25) is 0 Å². The van der Waals surface area contributed by atoms with Gasteiger partial charge in [0, 0.05) is 5.56 Å². The smallest absolute Gasteiger partial charge is 0.221 e. The molecule has 0 fully saturated rings. The fraction of sp³-hybridized carbons (Fsp3) is 0.100. The number of halogens is 2. The van der Waals surface area contributed by atoms with Gasteiger partial charge in [0.1, 0.15) is 16.5 Å². The van der Waals surface area contributed by atoms with E-state index < -0.39 is 0 Å². The van der Waals surface area contributed by atoms with Crippen LogP contribution in [0.15, 0.2) is 33.5 Å². The molecule has 0 atom stereocenters. The van der Waals surface area contributed by atoms with Crippen LogP contribution in [0.4, 0.5) is 0 Å². The van der Waals surface area contributed by atoms with Crippen LogP contribution in [0.25, 0.3) is 11.3 Å². The molecular formula is C10H7BrClNO2. The third-order valence-corrected chi connectivity index (χ3v) is 3.06. The normalized spacial score (nSPS) is 10.3. The predicted molar refractivity (Wildman–Crippen MR) is 61.2 cm³/mol. The first-order valence-electron chi connectivity index (χ1n) is 4.17. The summed E-state index contributed by atoms with van der Waals surface area (Å²) >= 11 is 9.15. The van der Waals surface area contributed by atoms with Crippen LogP contribution in [-0.4, -0.2) is 12.3 Å². The molecule has 15 heavy (non-hydrogen) atoms. The number of nitrogens with zero attached hydrogens (tertiary/aromatic N) is 1. The molecule has 0 radical (unpaired) electrons. The number of hydrogen-bond acceptors (Lipinski definition) is 3. The fourth-order valence-electron chi connectivity index (χ4n) is 1.21. The van der Waals surface area contributed by atoms with Crippen molar-refractivity contribution in [2.24, 2.45) is 0 Å². The summed E-state index contributed by atoms with van der Waals surface area (Å²) < 4.78 is 10.5. The SMILES string of the molecule is COc1cccc(-c2noc(Br)c2Cl)c1. The van der Waals surface area contributed by atoms with Gasteiger partial charge >= 0.3 is 0 Å². The maximum atomic E-state index is 5.99. The average Bonchev–Trinajstić information content (AvgIpc) is 2.60. The summed E-state index contributed by atoms with van der Waals surface area (Å²) in [5, 5.41) is 4.31. The third-order valence-electron chi connectivity index (χ3n) is 1.94. The third kappa shape index (κ3) is 2.01. The van der Waals surface area contributed by atoms with Gasteiger partial charge in [0.15, 0.2) is 0 Å². The zero-order valence-corrected chi connectivity index (χ0v) is 10.2. The molecule has 2 aromatic rings. The molecule has 0 saturated carbocycles. The standard InChI is InChI=1S/C10H7BrClNO2/c1-14-7-4-2-3-6(5-7)9-8(12)10(11)15-13-9/h2-5H,1H3. The van der Waals surface area contributed by atoms with Crippen LogP contribution in [0, 0.1) is 0 Å². The topological polar surface area (TPSA) is 35.3 Å². The second kappa shape index (κ2) is 4.24. The first-order valence-corrected chi connectivity index (χ1v) is 5.34. The van der Waals surface area contributed by atoms with Crippen molar-refractivity contribution in [1.82, 2.24) is 5.16 Å². The number of ether oxygens (including phenoxy) is 1. The van der Waals surface area contributed by atoms with Gasteiger partial charge in [0.05, 0.1) is 7.11 Å². The highest BCUT2D eigenvalue weighted by Crippen LogP contribution is 2.34. The van der Waals surface area contributed by atoms with E-state index in [9.17, 15) is 0 Å². The van der Waals surface area contributed by atoms with E-state index in [1.807, 2.05) is 24.3 Å². The van der Waals surface area contributed by atoms with E-state index >= 15 is 0 Å². The minimum Gasteiger partial charge on any atom is -0.497 e. The molecule has 0 aliphatic heterocycles. The van der Waals surface area contributed by atoms with Gasteiger partial charge in [-0.15, -0.1) is 0 Å². The van der Waals surface area contributed by atoms with Gasteiger partial charge in [0.2, 0.25) is 4.67 Å². The van der Waals surface area contributed by atoms with Crippen molar-refractivity contribution in [2.75, 3.05) is 7.11 Å². The Labute approximate surface area is 100 Å². The van der Waals surface area contributed by atoms with Gasteiger partial charge in [-0.1, -0.05) is 28.9 Å². The number of methoxy groups -OCH3 is 1. The van der Waals surface area contributed by atoms with Crippen LogP contribution in [0.2, 0.25) is 5.02 Å².